The van der Waals surface area contributed by atoms with Crippen molar-refractivity contribution in [3.05, 3.63) is 69.6 Å². The van der Waals surface area contributed by atoms with Gasteiger partial charge in [0.15, 0.2) is 0 Å². The third kappa shape index (κ3) is 2.73. The van der Waals surface area contributed by atoms with Crippen LogP contribution in [0.2, 0.25) is 0 Å². The maximum Gasteiger partial charge on any atom is 0.308 e. The molecule has 1 aromatic heterocycles. The molecule has 0 spiro atoms. The van der Waals surface area contributed by atoms with E-state index < -0.39 is 5.82 Å². The molecule has 0 radical (unpaired) electrons. The molecule has 3 aromatic rings. The molecule has 0 unspecified atom stereocenters. The monoisotopic (exact) mass is 300 g/mol. The molecule has 2 aromatic carbocycles. The molecule has 0 fully saturated rings. The van der Waals surface area contributed by atoms with E-state index in [1.54, 1.807) is 4.57 Å². The number of aromatic nitrogens is 1. The Morgan fingerprint density at radius 1 is 1.24 bits per heavy atom. The molecule has 3 nitrogen and oxygen atoms in total. The summed E-state index contributed by atoms with van der Waals surface area (Å²) in [5.74, 6) is -0.490. The van der Waals surface area contributed by atoms with Crippen LogP contribution in [0.3, 0.4) is 0 Å². The number of benzene rings is 2. The summed E-state index contributed by atoms with van der Waals surface area (Å²) in [7, 11) is 0. The molecule has 0 saturated heterocycles. The van der Waals surface area contributed by atoms with Crippen molar-refractivity contribution in [1.82, 2.24) is 4.57 Å². The maximum absolute atomic E-state index is 13.4. The van der Waals surface area contributed by atoms with Gasteiger partial charge in [-0.05, 0) is 17.7 Å². The molecule has 0 aliphatic heterocycles. The predicted molar refractivity (Wildman–Crippen MR) is 85.9 cm³/mol. The van der Waals surface area contributed by atoms with Crippen LogP contribution < -0.4 is 10.6 Å². The summed E-state index contributed by atoms with van der Waals surface area (Å²) in [5.41, 5.74) is 7.37. The number of nitrogens with zero attached hydrogens (tertiary/aromatic N) is 1. The summed E-state index contributed by atoms with van der Waals surface area (Å²) in [5, 5.41) is 0. The van der Waals surface area contributed by atoms with Crippen molar-refractivity contribution in [2.24, 2.45) is 0 Å². The Hall–Kier alpha value is -2.40. The number of hydrogen-bond donors (Lipinski definition) is 1. The highest BCUT2D eigenvalue weighted by molar-refractivity contribution is 7.16. The maximum atomic E-state index is 13.4. The van der Waals surface area contributed by atoms with Crippen molar-refractivity contribution in [2.45, 2.75) is 6.54 Å². The zero-order chi connectivity index (χ0) is 14.8. The van der Waals surface area contributed by atoms with Crippen molar-refractivity contribution >= 4 is 33.3 Å². The molecule has 0 aliphatic carbocycles. The van der Waals surface area contributed by atoms with E-state index in [4.69, 9.17) is 5.73 Å². The molecular weight excluding hydrogens is 287 g/mol. The number of thiazole rings is 1. The molecule has 0 atom stereocenters. The van der Waals surface area contributed by atoms with Gasteiger partial charge in [0.2, 0.25) is 0 Å². The quantitative estimate of drug-likeness (QED) is 0.753. The predicted octanol–water partition coefficient (Wildman–Crippen LogP) is 3.50. The second kappa shape index (κ2) is 5.54. The Bertz CT molecular complexity index is 865. The fraction of sp³-hybridized carbons (Fsp3) is 0.0625. The lowest BCUT2D eigenvalue weighted by molar-refractivity contribution is 0.634. The number of rotatable bonds is 3. The van der Waals surface area contributed by atoms with Crippen LogP contribution in [0.1, 0.15) is 5.56 Å². The molecule has 5 heteroatoms. The number of nitrogen functional groups attached to an aromatic ring is 1. The van der Waals surface area contributed by atoms with Gasteiger partial charge in [0, 0.05) is 6.54 Å². The van der Waals surface area contributed by atoms with Crippen LogP contribution in [0.25, 0.3) is 16.3 Å². The second-order valence-electron chi connectivity index (χ2n) is 4.63. The Balaban J connectivity index is 1.94. The summed E-state index contributed by atoms with van der Waals surface area (Å²) in [6.07, 6.45) is 3.85. The van der Waals surface area contributed by atoms with Gasteiger partial charge in [-0.3, -0.25) is 9.36 Å². The Morgan fingerprint density at radius 2 is 2.00 bits per heavy atom. The molecule has 3 rings (SSSR count). The highest BCUT2D eigenvalue weighted by atomic mass is 32.1. The Kier molecular flexibility index (Phi) is 3.58. The molecule has 1 heterocycles. The summed E-state index contributed by atoms with van der Waals surface area (Å²) in [6.45, 7) is 0.429. The van der Waals surface area contributed by atoms with E-state index in [0.29, 0.717) is 16.8 Å². The normalized spacial score (nSPS) is 11.5. The van der Waals surface area contributed by atoms with Gasteiger partial charge in [-0.1, -0.05) is 53.8 Å². The van der Waals surface area contributed by atoms with Crippen molar-refractivity contribution in [2.75, 3.05) is 5.73 Å². The summed E-state index contributed by atoms with van der Waals surface area (Å²) in [4.78, 5) is 11.9. The summed E-state index contributed by atoms with van der Waals surface area (Å²) in [6, 6.07) is 12.7. The number of nitrogens with two attached hydrogens (primary N) is 1. The first-order valence-electron chi connectivity index (χ1n) is 6.45. The van der Waals surface area contributed by atoms with E-state index in [9.17, 15) is 9.18 Å². The van der Waals surface area contributed by atoms with Gasteiger partial charge in [-0.15, -0.1) is 0 Å². The zero-order valence-electron chi connectivity index (χ0n) is 11.1. The van der Waals surface area contributed by atoms with Gasteiger partial charge >= 0.3 is 4.87 Å². The molecular formula is C16H13FN2OS. The lowest BCUT2D eigenvalue weighted by Crippen LogP contribution is -2.11. The minimum Gasteiger partial charge on any atom is -0.396 e. The van der Waals surface area contributed by atoms with Crippen molar-refractivity contribution < 1.29 is 4.39 Å². The van der Waals surface area contributed by atoms with E-state index in [1.165, 1.54) is 12.1 Å². The second-order valence-corrected chi connectivity index (χ2v) is 5.63. The van der Waals surface area contributed by atoms with Gasteiger partial charge in [0.05, 0.1) is 15.9 Å². The molecule has 0 amide bonds. The number of allylic oxidation sites excluding steroid dienone is 1. The average Bonchev–Trinajstić information content (AvgIpc) is 2.76. The molecule has 21 heavy (non-hydrogen) atoms. The van der Waals surface area contributed by atoms with Gasteiger partial charge in [-0.2, -0.15) is 0 Å². The summed E-state index contributed by atoms with van der Waals surface area (Å²) >= 11 is 1.03. The number of halogens is 1. The average molecular weight is 300 g/mol. The number of fused-ring (bicyclic) bond motifs is 1. The largest absolute Gasteiger partial charge is 0.396 e. The lowest BCUT2D eigenvalue weighted by atomic mass is 10.2. The van der Waals surface area contributed by atoms with Crippen LogP contribution >= 0.6 is 11.3 Å². The van der Waals surface area contributed by atoms with Crippen molar-refractivity contribution in [3.63, 3.8) is 0 Å². The molecule has 106 valence electrons. The highest BCUT2D eigenvalue weighted by Crippen LogP contribution is 2.23. The zero-order valence-corrected chi connectivity index (χ0v) is 11.9. The first kappa shape index (κ1) is 13.6. The highest BCUT2D eigenvalue weighted by Gasteiger charge is 2.09. The van der Waals surface area contributed by atoms with Crippen LogP contribution in [0.4, 0.5) is 10.1 Å². The molecule has 0 saturated carbocycles. The summed E-state index contributed by atoms with van der Waals surface area (Å²) < 4.78 is 15.6. The Labute approximate surface area is 124 Å². The smallest absolute Gasteiger partial charge is 0.308 e. The first-order valence-corrected chi connectivity index (χ1v) is 7.27. The topological polar surface area (TPSA) is 48.0 Å². The minimum atomic E-state index is -0.490. The van der Waals surface area contributed by atoms with E-state index in [0.717, 1.165) is 16.9 Å². The lowest BCUT2D eigenvalue weighted by Gasteiger charge is -2.01. The third-order valence-electron chi connectivity index (χ3n) is 3.18. The minimum absolute atomic E-state index is 0.0566. The van der Waals surface area contributed by atoms with Crippen LogP contribution in [-0.4, -0.2) is 4.57 Å². The van der Waals surface area contributed by atoms with Gasteiger partial charge < -0.3 is 5.73 Å². The fourth-order valence-electron chi connectivity index (χ4n) is 2.13. The van der Waals surface area contributed by atoms with Crippen LogP contribution in [0, 0.1) is 5.82 Å². The molecule has 0 aliphatic rings. The van der Waals surface area contributed by atoms with Gasteiger partial charge in [-0.25, -0.2) is 4.39 Å². The number of hydrogen-bond acceptors (Lipinski definition) is 3. The van der Waals surface area contributed by atoms with E-state index >= 15 is 0 Å². The first-order chi connectivity index (χ1) is 10.1. The molecule has 0 bridgehead atoms. The van der Waals surface area contributed by atoms with Crippen LogP contribution in [0.15, 0.2) is 53.3 Å². The van der Waals surface area contributed by atoms with Crippen molar-refractivity contribution in [3.8, 4) is 0 Å². The van der Waals surface area contributed by atoms with Crippen LogP contribution in [-0.2, 0) is 6.54 Å². The third-order valence-corrected chi connectivity index (χ3v) is 4.13. The van der Waals surface area contributed by atoms with E-state index in [1.807, 2.05) is 42.5 Å². The van der Waals surface area contributed by atoms with E-state index in [-0.39, 0.29) is 10.6 Å². The van der Waals surface area contributed by atoms with Crippen molar-refractivity contribution in [1.29, 1.82) is 0 Å². The van der Waals surface area contributed by atoms with Gasteiger partial charge in [0.25, 0.3) is 0 Å². The SMILES string of the molecule is Nc1cc2c(cc1F)sc(=O)n2CC=Cc1ccccc1. The van der Waals surface area contributed by atoms with E-state index in [2.05, 4.69) is 0 Å². The Morgan fingerprint density at radius 3 is 2.76 bits per heavy atom. The van der Waals surface area contributed by atoms with Crippen LogP contribution in [0.5, 0.6) is 0 Å². The molecule has 2 N–H and O–H groups in total. The fourth-order valence-corrected chi connectivity index (χ4v) is 3.04. The number of anilines is 1. The standard InChI is InChI=1S/C16H13FN2OS/c17-12-9-15-14(10-13(12)18)19(16(20)21-15)8-4-7-11-5-2-1-3-6-11/h1-7,9-10H,8,18H2. The van der Waals surface area contributed by atoms with Gasteiger partial charge in [0.1, 0.15) is 5.82 Å².